The average molecular weight is 333 g/mol. The summed E-state index contributed by atoms with van der Waals surface area (Å²) in [7, 11) is 2.10. The topological polar surface area (TPSA) is 3.24 Å². The van der Waals surface area contributed by atoms with Crippen molar-refractivity contribution in [3.63, 3.8) is 0 Å². The highest BCUT2D eigenvalue weighted by atomic mass is 19.1. The van der Waals surface area contributed by atoms with Crippen LogP contribution in [-0.2, 0) is 0 Å². The van der Waals surface area contributed by atoms with E-state index < -0.39 is 0 Å². The van der Waals surface area contributed by atoms with Crippen molar-refractivity contribution >= 4 is 5.57 Å². The van der Waals surface area contributed by atoms with Crippen LogP contribution in [0.3, 0.4) is 0 Å². The number of nitrogens with zero attached hydrogens (tertiary/aromatic N) is 1. The molecular weight excluding hydrogens is 309 g/mol. The molecule has 1 aliphatic heterocycles. The minimum atomic E-state index is -0.214. The van der Waals surface area contributed by atoms with E-state index in [1.807, 2.05) is 19.1 Å². The first-order valence-electron chi connectivity index (χ1n) is 8.51. The van der Waals surface area contributed by atoms with Crippen LogP contribution in [0, 0.1) is 5.82 Å². The number of hydrogen-bond acceptors (Lipinski definition) is 1. The third kappa shape index (κ3) is 3.30. The van der Waals surface area contributed by atoms with E-state index in [1.165, 1.54) is 34.4 Å². The molecule has 0 radical (unpaired) electrons. The van der Waals surface area contributed by atoms with Gasteiger partial charge in [0.05, 0.1) is 6.04 Å². The van der Waals surface area contributed by atoms with Gasteiger partial charge in [0.15, 0.2) is 0 Å². The lowest BCUT2D eigenvalue weighted by Gasteiger charge is -2.34. The fraction of sp³-hybridized carbons (Fsp3) is 0.217. The molecule has 0 spiro atoms. The smallest absolute Gasteiger partial charge is 0.123 e. The highest BCUT2D eigenvalue weighted by Crippen LogP contribution is 2.38. The Labute approximate surface area is 149 Å². The Morgan fingerprint density at radius 1 is 1.04 bits per heavy atom. The summed E-state index contributed by atoms with van der Waals surface area (Å²) in [5, 5.41) is 0. The maximum Gasteiger partial charge on any atom is 0.123 e. The summed E-state index contributed by atoms with van der Waals surface area (Å²) in [6.45, 7) is 10.5. The van der Waals surface area contributed by atoms with Gasteiger partial charge in [0.1, 0.15) is 5.82 Å². The molecule has 0 fully saturated rings. The molecule has 1 heterocycles. The minimum Gasteiger partial charge on any atom is -0.370 e. The second-order valence-corrected chi connectivity index (χ2v) is 6.84. The summed E-state index contributed by atoms with van der Waals surface area (Å²) in [4.78, 5) is 2.23. The lowest BCUT2D eigenvalue weighted by atomic mass is 9.86. The zero-order chi connectivity index (χ0) is 18.1. The number of likely N-dealkylation sites (N-methyl/N-ethyl adjacent to an activating group) is 1. The van der Waals surface area contributed by atoms with Crippen LogP contribution in [0.1, 0.15) is 37.9 Å². The van der Waals surface area contributed by atoms with Gasteiger partial charge in [0.2, 0.25) is 0 Å². The summed E-state index contributed by atoms with van der Waals surface area (Å²) < 4.78 is 13.3. The van der Waals surface area contributed by atoms with Crippen molar-refractivity contribution in [2.24, 2.45) is 0 Å². The predicted octanol–water partition coefficient (Wildman–Crippen LogP) is 6.36. The second kappa shape index (κ2) is 6.72. The zero-order valence-corrected chi connectivity index (χ0v) is 15.3. The first kappa shape index (κ1) is 17.2. The first-order chi connectivity index (χ1) is 11.9. The first-order valence-corrected chi connectivity index (χ1v) is 8.51. The van der Waals surface area contributed by atoms with Crippen LogP contribution in [0.5, 0.6) is 0 Å². The number of rotatable bonds is 3. The zero-order valence-electron chi connectivity index (χ0n) is 15.3. The highest BCUT2D eigenvalue weighted by molar-refractivity contribution is 5.72. The molecule has 128 valence electrons. The summed E-state index contributed by atoms with van der Waals surface area (Å²) in [5.41, 5.74) is 8.20. The van der Waals surface area contributed by atoms with Gasteiger partial charge in [0, 0.05) is 7.05 Å². The molecule has 2 heteroatoms. The number of halogens is 1. The average Bonchev–Trinajstić information content (AvgIpc) is 2.59. The Kier molecular flexibility index (Phi) is 4.63. The molecule has 2 aromatic carbocycles. The van der Waals surface area contributed by atoms with E-state index in [2.05, 4.69) is 62.8 Å². The van der Waals surface area contributed by atoms with Crippen molar-refractivity contribution in [2.75, 3.05) is 7.05 Å². The van der Waals surface area contributed by atoms with E-state index in [0.29, 0.717) is 0 Å². The second-order valence-electron chi connectivity index (χ2n) is 6.84. The van der Waals surface area contributed by atoms with Crippen LogP contribution in [-0.4, -0.2) is 11.9 Å². The minimum absolute atomic E-state index is 0.178. The van der Waals surface area contributed by atoms with Gasteiger partial charge in [-0.3, -0.25) is 0 Å². The van der Waals surface area contributed by atoms with Crippen LogP contribution in [0.2, 0.25) is 0 Å². The van der Waals surface area contributed by atoms with E-state index in [0.717, 1.165) is 16.7 Å². The Bertz CT molecular complexity index is 871. The summed E-state index contributed by atoms with van der Waals surface area (Å²) in [5.74, 6) is -0.214. The highest BCUT2D eigenvalue weighted by Gasteiger charge is 2.24. The van der Waals surface area contributed by atoms with Crippen molar-refractivity contribution in [3.05, 3.63) is 89.4 Å². The number of allylic oxidation sites excluding steroid dienone is 3. The molecule has 0 bridgehead atoms. The molecule has 1 nitrogen and oxygen atoms in total. The molecule has 1 aliphatic rings. The van der Waals surface area contributed by atoms with Gasteiger partial charge in [-0.2, -0.15) is 0 Å². The van der Waals surface area contributed by atoms with Gasteiger partial charge in [-0.05, 0) is 84.6 Å². The third-order valence-electron chi connectivity index (χ3n) is 4.98. The van der Waals surface area contributed by atoms with E-state index in [-0.39, 0.29) is 11.9 Å². The normalized spacial score (nSPS) is 17.2. The molecule has 0 saturated carbocycles. The summed E-state index contributed by atoms with van der Waals surface area (Å²) >= 11 is 0. The van der Waals surface area contributed by atoms with Gasteiger partial charge in [-0.15, -0.1) is 0 Å². The van der Waals surface area contributed by atoms with E-state index in [1.54, 1.807) is 0 Å². The van der Waals surface area contributed by atoms with Gasteiger partial charge in [0.25, 0.3) is 0 Å². The fourth-order valence-electron chi connectivity index (χ4n) is 3.42. The number of benzene rings is 2. The monoisotopic (exact) mass is 333 g/mol. The fourth-order valence-corrected chi connectivity index (χ4v) is 3.42. The Balaban J connectivity index is 2.16. The summed E-state index contributed by atoms with van der Waals surface area (Å²) in [6.07, 6.45) is 4.27. The third-order valence-corrected chi connectivity index (χ3v) is 4.98. The van der Waals surface area contributed by atoms with E-state index >= 15 is 0 Å². The Morgan fingerprint density at radius 2 is 1.68 bits per heavy atom. The van der Waals surface area contributed by atoms with Gasteiger partial charge >= 0.3 is 0 Å². The largest absolute Gasteiger partial charge is 0.370 e. The number of hydrogen-bond donors (Lipinski definition) is 0. The SMILES string of the molecule is C=C(C)c1ccc(-c2ccc(F)cc2)cc1C1C(C)=C(C)C=CN1C. The van der Waals surface area contributed by atoms with E-state index in [4.69, 9.17) is 0 Å². The molecule has 0 saturated heterocycles. The van der Waals surface area contributed by atoms with E-state index in [9.17, 15) is 4.39 Å². The van der Waals surface area contributed by atoms with Gasteiger partial charge in [-0.25, -0.2) is 4.39 Å². The molecule has 2 aromatic rings. The molecule has 25 heavy (non-hydrogen) atoms. The molecule has 0 amide bonds. The maximum atomic E-state index is 13.3. The lowest BCUT2D eigenvalue weighted by molar-refractivity contribution is 0.370. The van der Waals surface area contributed by atoms with Crippen LogP contribution in [0.4, 0.5) is 4.39 Å². The van der Waals surface area contributed by atoms with Crippen molar-refractivity contribution in [3.8, 4) is 11.1 Å². The lowest BCUT2D eigenvalue weighted by Crippen LogP contribution is -2.24. The summed E-state index contributed by atoms with van der Waals surface area (Å²) in [6, 6.07) is 13.3. The quantitative estimate of drug-likeness (QED) is 0.631. The van der Waals surface area contributed by atoms with Crippen LogP contribution in [0.25, 0.3) is 16.7 Å². The molecule has 0 N–H and O–H groups in total. The predicted molar refractivity (Wildman–Crippen MR) is 105 cm³/mol. The Morgan fingerprint density at radius 3 is 2.32 bits per heavy atom. The van der Waals surface area contributed by atoms with Crippen LogP contribution >= 0.6 is 0 Å². The van der Waals surface area contributed by atoms with Crippen LogP contribution < -0.4 is 0 Å². The molecule has 1 unspecified atom stereocenters. The van der Waals surface area contributed by atoms with Crippen molar-refractivity contribution < 1.29 is 4.39 Å². The molecule has 1 atom stereocenters. The maximum absolute atomic E-state index is 13.3. The molecule has 3 rings (SSSR count). The molecule has 0 aliphatic carbocycles. The van der Waals surface area contributed by atoms with Crippen molar-refractivity contribution in [2.45, 2.75) is 26.8 Å². The molecular formula is C23H24FN. The van der Waals surface area contributed by atoms with Crippen molar-refractivity contribution in [1.29, 1.82) is 0 Å². The van der Waals surface area contributed by atoms with Gasteiger partial charge < -0.3 is 4.90 Å². The standard InChI is InChI=1S/C23H24FN/c1-15(2)21-11-8-19(18-6-9-20(24)10-7-18)14-22(21)23-17(4)16(3)12-13-25(23)5/h6-14,23H,1H2,2-5H3. The van der Waals surface area contributed by atoms with Crippen molar-refractivity contribution in [1.82, 2.24) is 4.90 Å². The Hall–Kier alpha value is -2.61. The van der Waals surface area contributed by atoms with Crippen LogP contribution in [0.15, 0.2) is 72.5 Å². The van der Waals surface area contributed by atoms with Gasteiger partial charge in [-0.1, -0.05) is 36.4 Å². The molecule has 0 aromatic heterocycles.